The molecule has 3 fully saturated rings. The number of hydrogen-bond donors (Lipinski definition) is 2. The Bertz CT molecular complexity index is 1220. The molecule has 1 aliphatic heterocycles. The van der Waals surface area contributed by atoms with Crippen molar-refractivity contribution in [2.45, 2.75) is 76.0 Å². The van der Waals surface area contributed by atoms with E-state index >= 15 is 0 Å². The third kappa shape index (κ3) is 4.64. The number of aromatic nitrogens is 1. The van der Waals surface area contributed by atoms with E-state index < -0.39 is 0 Å². The minimum Gasteiger partial charge on any atom is -0.490 e. The highest BCUT2D eigenvalue weighted by atomic mass is 16.6. The van der Waals surface area contributed by atoms with Gasteiger partial charge in [-0.15, -0.1) is 0 Å². The summed E-state index contributed by atoms with van der Waals surface area (Å²) in [7, 11) is 0. The second-order valence-corrected chi connectivity index (χ2v) is 10.4. The van der Waals surface area contributed by atoms with E-state index in [1.807, 2.05) is 30.3 Å². The van der Waals surface area contributed by atoms with Crippen LogP contribution in [0.1, 0.15) is 63.8 Å². The van der Waals surface area contributed by atoms with Crippen LogP contribution in [0.15, 0.2) is 42.5 Å². The van der Waals surface area contributed by atoms with Crippen molar-refractivity contribution in [2.24, 2.45) is 0 Å². The molecule has 190 valence electrons. The number of ether oxygens (including phenoxy) is 3. The van der Waals surface area contributed by atoms with E-state index in [2.05, 4.69) is 22.0 Å². The van der Waals surface area contributed by atoms with Crippen molar-refractivity contribution < 1.29 is 19.0 Å². The SMILES string of the molecule is Nc1c(-c2ccc(OC(=O)NC3CCCC3)cc2)n(C2CCC2)c2cc(OC3CCOCC3)ccc12. The van der Waals surface area contributed by atoms with Crippen LogP contribution in [0.2, 0.25) is 0 Å². The predicted molar refractivity (Wildman–Crippen MR) is 141 cm³/mol. The Hall–Kier alpha value is -3.19. The molecule has 36 heavy (non-hydrogen) atoms. The van der Waals surface area contributed by atoms with Gasteiger partial charge in [0.25, 0.3) is 0 Å². The van der Waals surface area contributed by atoms with Crippen molar-refractivity contribution in [1.82, 2.24) is 9.88 Å². The van der Waals surface area contributed by atoms with Gasteiger partial charge in [-0.3, -0.25) is 0 Å². The lowest BCUT2D eigenvalue weighted by molar-refractivity contribution is 0.0256. The number of nitrogens with one attached hydrogen (secondary N) is 1. The number of nitrogens with two attached hydrogens (primary N) is 1. The van der Waals surface area contributed by atoms with Crippen molar-refractivity contribution in [2.75, 3.05) is 18.9 Å². The van der Waals surface area contributed by atoms with Gasteiger partial charge in [-0.05, 0) is 68.5 Å². The highest BCUT2D eigenvalue weighted by Crippen LogP contribution is 2.45. The molecule has 0 spiro atoms. The second kappa shape index (κ2) is 10.1. The van der Waals surface area contributed by atoms with Gasteiger partial charge in [0.15, 0.2) is 0 Å². The van der Waals surface area contributed by atoms with Crippen molar-refractivity contribution in [1.29, 1.82) is 0 Å². The van der Waals surface area contributed by atoms with E-state index in [0.717, 1.165) is 85.3 Å². The molecule has 2 aliphatic carbocycles. The van der Waals surface area contributed by atoms with Gasteiger partial charge in [0.2, 0.25) is 0 Å². The van der Waals surface area contributed by atoms with Crippen molar-refractivity contribution in [3.8, 4) is 22.8 Å². The van der Waals surface area contributed by atoms with Crippen LogP contribution in [0.3, 0.4) is 0 Å². The predicted octanol–water partition coefficient (Wildman–Crippen LogP) is 6.20. The van der Waals surface area contributed by atoms with Crippen LogP contribution in [0, 0.1) is 0 Å². The Balaban J connectivity index is 1.27. The number of nitrogens with zero attached hydrogens (tertiary/aromatic N) is 1. The first-order chi connectivity index (χ1) is 17.7. The summed E-state index contributed by atoms with van der Waals surface area (Å²) in [6.07, 6.45) is 9.55. The van der Waals surface area contributed by atoms with E-state index in [0.29, 0.717) is 11.8 Å². The van der Waals surface area contributed by atoms with Gasteiger partial charge in [0.1, 0.15) is 17.6 Å². The molecule has 6 rings (SSSR count). The highest BCUT2D eigenvalue weighted by molar-refractivity contribution is 6.01. The zero-order valence-electron chi connectivity index (χ0n) is 20.7. The second-order valence-electron chi connectivity index (χ2n) is 10.4. The number of amides is 1. The molecule has 3 aromatic rings. The summed E-state index contributed by atoms with van der Waals surface area (Å²) in [5.41, 5.74) is 10.7. The number of rotatable bonds is 6. The van der Waals surface area contributed by atoms with Crippen LogP contribution in [0.5, 0.6) is 11.5 Å². The molecular weight excluding hydrogens is 454 g/mol. The molecule has 2 saturated carbocycles. The number of carbonyl (C=O) groups excluding carboxylic acids is 1. The van der Waals surface area contributed by atoms with Gasteiger partial charge in [-0.2, -0.15) is 0 Å². The fourth-order valence-electron chi connectivity index (χ4n) is 5.75. The Morgan fingerprint density at radius 2 is 1.64 bits per heavy atom. The zero-order chi connectivity index (χ0) is 24.5. The molecule has 0 bridgehead atoms. The van der Waals surface area contributed by atoms with Gasteiger partial charge in [-0.25, -0.2) is 4.79 Å². The number of anilines is 1. The Morgan fingerprint density at radius 1 is 0.917 bits per heavy atom. The lowest BCUT2D eigenvalue weighted by Gasteiger charge is -2.30. The van der Waals surface area contributed by atoms with Gasteiger partial charge < -0.3 is 29.8 Å². The summed E-state index contributed by atoms with van der Waals surface area (Å²) in [6, 6.07) is 14.6. The molecule has 2 aromatic carbocycles. The quantitative estimate of drug-likeness (QED) is 0.430. The summed E-state index contributed by atoms with van der Waals surface area (Å²) in [4.78, 5) is 12.3. The third-order valence-electron chi connectivity index (χ3n) is 7.94. The summed E-state index contributed by atoms with van der Waals surface area (Å²) in [5.74, 6) is 1.42. The molecule has 1 saturated heterocycles. The zero-order valence-corrected chi connectivity index (χ0v) is 20.7. The largest absolute Gasteiger partial charge is 0.490 e. The van der Waals surface area contributed by atoms with E-state index in [1.54, 1.807) is 0 Å². The van der Waals surface area contributed by atoms with Crippen molar-refractivity contribution in [3.05, 3.63) is 42.5 Å². The lowest BCUT2D eigenvalue weighted by atomic mass is 9.92. The molecule has 0 atom stereocenters. The van der Waals surface area contributed by atoms with E-state index in [1.165, 1.54) is 19.3 Å². The molecule has 0 radical (unpaired) electrons. The molecule has 0 unspecified atom stereocenters. The average Bonchev–Trinajstić information content (AvgIpc) is 3.46. The Kier molecular flexibility index (Phi) is 6.48. The van der Waals surface area contributed by atoms with Gasteiger partial charge in [0, 0.05) is 41.9 Å². The van der Waals surface area contributed by atoms with Crippen molar-refractivity contribution in [3.63, 3.8) is 0 Å². The van der Waals surface area contributed by atoms with Crippen LogP contribution in [0.4, 0.5) is 10.5 Å². The van der Waals surface area contributed by atoms with Crippen molar-refractivity contribution >= 4 is 22.7 Å². The molecule has 2 heterocycles. The van der Waals surface area contributed by atoms with Gasteiger partial charge in [0.05, 0.1) is 30.1 Å². The smallest absolute Gasteiger partial charge is 0.412 e. The lowest BCUT2D eigenvalue weighted by Crippen LogP contribution is -2.34. The summed E-state index contributed by atoms with van der Waals surface area (Å²) >= 11 is 0. The maximum Gasteiger partial charge on any atom is 0.412 e. The first-order valence-corrected chi connectivity index (χ1v) is 13.4. The highest BCUT2D eigenvalue weighted by Gasteiger charge is 2.27. The van der Waals surface area contributed by atoms with E-state index in [4.69, 9.17) is 19.9 Å². The number of benzene rings is 2. The minimum absolute atomic E-state index is 0.193. The molecule has 7 nitrogen and oxygen atoms in total. The fraction of sp³-hybridized carbons (Fsp3) is 0.483. The van der Waals surface area contributed by atoms with Crippen LogP contribution >= 0.6 is 0 Å². The number of carbonyl (C=O) groups is 1. The molecule has 7 heteroatoms. The molecular formula is C29H35N3O4. The number of fused-ring (bicyclic) bond motifs is 1. The Labute approximate surface area is 211 Å². The molecule has 3 N–H and O–H groups in total. The van der Waals surface area contributed by atoms with Gasteiger partial charge >= 0.3 is 6.09 Å². The average molecular weight is 490 g/mol. The van der Waals surface area contributed by atoms with E-state index in [-0.39, 0.29) is 18.2 Å². The molecule has 3 aliphatic rings. The minimum atomic E-state index is -0.380. The maximum atomic E-state index is 12.3. The monoisotopic (exact) mass is 489 g/mol. The van der Waals surface area contributed by atoms with Crippen LogP contribution in [-0.2, 0) is 4.74 Å². The number of nitrogen functional groups attached to an aromatic ring is 1. The summed E-state index contributed by atoms with van der Waals surface area (Å²) in [6.45, 7) is 1.51. The topological polar surface area (TPSA) is 87.7 Å². The normalized spacial score (nSPS) is 19.3. The third-order valence-corrected chi connectivity index (χ3v) is 7.94. The van der Waals surface area contributed by atoms with E-state index in [9.17, 15) is 4.79 Å². The van der Waals surface area contributed by atoms with Gasteiger partial charge in [-0.1, -0.05) is 12.8 Å². The maximum absolute atomic E-state index is 12.3. The number of hydrogen-bond acceptors (Lipinski definition) is 5. The summed E-state index contributed by atoms with van der Waals surface area (Å²) in [5, 5.41) is 4.02. The van der Waals surface area contributed by atoms with Crippen LogP contribution in [0.25, 0.3) is 22.2 Å². The van der Waals surface area contributed by atoms with Crippen LogP contribution < -0.4 is 20.5 Å². The Morgan fingerprint density at radius 3 is 2.33 bits per heavy atom. The molecule has 1 amide bonds. The molecule has 1 aromatic heterocycles. The fourth-order valence-corrected chi connectivity index (χ4v) is 5.75. The standard InChI is InChI=1S/C29H35N3O4/c30-27-25-13-12-24(35-23-14-16-34-17-15-23)18-26(25)32(21-6-3-7-21)28(27)19-8-10-22(11-9-19)36-29(33)31-20-4-1-2-5-20/h8-13,18,20-21,23H,1-7,14-17,30H2,(H,31,33). The first-order valence-electron chi connectivity index (χ1n) is 13.4. The van der Waals surface area contributed by atoms with Crippen LogP contribution in [-0.4, -0.2) is 36.0 Å². The summed E-state index contributed by atoms with van der Waals surface area (Å²) < 4.78 is 19.7. The first kappa shape index (κ1) is 23.2.